The van der Waals surface area contributed by atoms with Gasteiger partial charge in [0.1, 0.15) is 6.61 Å². The number of nitrogens with one attached hydrogen (secondary N) is 1. The van der Waals surface area contributed by atoms with Gasteiger partial charge in [-0.25, -0.2) is 0 Å². The lowest BCUT2D eigenvalue weighted by atomic mass is 9.97. The van der Waals surface area contributed by atoms with Crippen LogP contribution in [0.4, 0.5) is 0 Å². The monoisotopic (exact) mass is 358 g/mol. The van der Waals surface area contributed by atoms with Crippen molar-refractivity contribution in [2.45, 2.75) is 18.7 Å². The van der Waals surface area contributed by atoms with Crippen molar-refractivity contribution in [2.75, 3.05) is 13.7 Å². The average molecular weight is 359 g/mol. The van der Waals surface area contributed by atoms with Crippen LogP contribution < -0.4 is 5.32 Å². The van der Waals surface area contributed by atoms with Crippen molar-refractivity contribution in [3.63, 3.8) is 0 Å². The maximum atomic E-state index is 12.7. The van der Waals surface area contributed by atoms with E-state index in [2.05, 4.69) is 5.32 Å². The van der Waals surface area contributed by atoms with Crippen LogP contribution in [-0.4, -0.2) is 36.5 Å². The van der Waals surface area contributed by atoms with Gasteiger partial charge in [-0.15, -0.1) is 0 Å². The van der Waals surface area contributed by atoms with Crippen molar-refractivity contribution >= 4 is 23.4 Å². The second-order valence-corrected chi connectivity index (χ2v) is 6.37. The number of likely N-dealkylation sites (N-methyl/N-ethyl adjacent to an activating group) is 1. The summed E-state index contributed by atoms with van der Waals surface area (Å²) in [5.74, 6) is -0.407. The second kappa shape index (κ2) is 7.68. The highest BCUT2D eigenvalue weighted by Gasteiger charge is 2.39. The third-order valence-corrected chi connectivity index (χ3v) is 4.52. The quantitative estimate of drug-likeness (QED) is 0.913. The molecule has 0 bridgehead atoms. The molecule has 25 heavy (non-hydrogen) atoms. The van der Waals surface area contributed by atoms with E-state index in [1.54, 1.807) is 24.1 Å². The third-order valence-electron chi connectivity index (χ3n) is 4.26. The van der Waals surface area contributed by atoms with E-state index in [0.29, 0.717) is 11.6 Å². The summed E-state index contributed by atoms with van der Waals surface area (Å²) in [5, 5.41) is 3.48. The number of hydrogen-bond acceptors (Lipinski definition) is 3. The fourth-order valence-corrected chi connectivity index (χ4v) is 3.00. The topological polar surface area (TPSA) is 58.6 Å². The van der Waals surface area contributed by atoms with Gasteiger partial charge in [-0.1, -0.05) is 54.1 Å². The highest BCUT2D eigenvalue weighted by Crippen LogP contribution is 2.30. The van der Waals surface area contributed by atoms with Crippen LogP contribution in [0, 0.1) is 0 Å². The first-order valence-electron chi connectivity index (χ1n) is 8.00. The van der Waals surface area contributed by atoms with Crippen molar-refractivity contribution in [1.29, 1.82) is 0 Å². The molecule has 0 aliphatic carbocycles. The van der Waals surface area contributed by atoms with Crippen molar-refractivity contribution in [2.24, 2.45) is 0 Å². The normalized spacial score (nSPS) is 20.4. The predicted molar refractivity (Wildman–Crippen MR) is 95.0 cm³/mol. The highest BCUT2D eigenvalue weighted by molar-refractivity contribution is 6.30. The van der Waals surface area contributed by atoms with Crippen LogP contribution in [-0.2, 0) is 20.9 Å². The maximum absolute atomic E-state index is 12.7. The number of benzene rings is 2. The lowest BCUT2D eigenvalue weighted by Crippen LogP contribution is -2.52. The Balaban J connectivity index is 1.78. The molecule has 0 radical (unpaired) electrons. The van der Waals surface area contributed by atoms with E-state index >= 15 is 0 Å². The number of amides is 2. The summed E-state index contributed by atoms with van der Waals surface area (Å²) in [7, 11) is 1.68. The zero-order valence-electron chi connectivity index (χ0n) is 13.8. The molecule has 2 atom stereocenters. The summed E-state index contributed by atoms with van der Waals surface area (Å²) < 4.78 is 5.57. The molecule has 0 unspecified atom stereocenters. The number of carbonyl (C=O) groups is 2. The van der Waals surface area contributed by atoms with Crippen molar-refractivity contribution in [3.8, 4) is 0 Å². The number of morpholine rings is 1. The van der Waals surface area contributed by atoms with Crippen LogP contribution in [0.25, 0.3) is 0 Å². The van der Waals surface area contributed by atoms with Crippen LogP contribution in [0.3, 0.4) is 0 Å². The summed E-state index contributed by atoms with van der Waals surface area (Å²) in [6.45, 7) is 0.300. The van der Waals surface area contributed by atoms with Gasteiger partial charge in [0.05, 0.1) is 6.04 Å². The minimum absolute atomic E-state index is 0.107. The maximum Gasteiger partial charge on any atom is 0.251 e. The lowest BCUT2D eigenvalue weighted by Gasteiger charge is -2.38. The van der Waals surface area contributed by atoms with E-state index in [0.717, 1.165) is 11.1 Å². The van der Waals surface area contributed by atoms with Crippen molar-refractivity contribution < 1.29 is 14.3 Å². The summed E-state index contributed by atoms with van der Waals surface area (Å²) in [6.07, 6.45) is -0.771. The predicted octanol–water partition coefficient (Wildman–Crippen LogP) is 2.55. The van der Waals surface area contributed by atoms with E-state index in [1.807, 2.05) is 42.5 Å². The Morgan fingerprint density at radius 1 is 1.20 bits per heavy atom. The number of ether oxygens (including phenoxy) is 1. The van der Waals surface area contributed by atoms with Gasteiger partial charge in [0, 0.05) is 18.6 Å². The molecule has 2 aromatic rings. The molecule has 5 nitrogen and oxygen atoms in total. The molecular formula is C19H19ClN2O3. The first kappa shape index (κ1) is 17.5. The SMILES string of the molecule is CN1C(=O)CO[C@H](C(=O)NCc2ccccc2)[C@@H]1c1ccc(Cl)cc1. The molecule has 1 saturated heterocycles. The molecule has 1 N–H and O–H groups in total. The molecule has 1 fully saturated rings. The number of carbonyl (C=O) groups excluding carboxylic acids is 2. The van der Waals surface area contributed by atoms with Gasteiger partial charge in [-0.3, -0.25) is 9.59 Å². The molecule has 1 aliphatic rings. The highest BCUT2D eigenvalue weighted by atomic mass is 35.5. The molecular weight excluding hydrogens is 340 g/mol. The van der Waals surface area contributed by atoms with Crippen LogP contribution in [0.1, 0.15) is 17.2 Å². The molecule has 2 amide bonds. The molecule has 130 valence electrons. The minimum Gasteiger partial charge on any atom is -0.356 e. The van der Waals surface area contributed by atoms with Crippen LogP contribution in [0.15, 0.2) is 54.6 Å². The standard InChI is InChI=1S/C19H19ClN2O3/c1-22-16(23)12-25-18(17(22)14-7-9-15(20)10-8-14)19(24)21-11-13-5-3-2-4-6-13/h2-10,17-18H,11-12H2,1H3,(H,21,24)/t17-,18-/m0/s1. The average Bonchev–Trinajstić information content (AvgIpc) is 2.63. The second-order valence-electron chi connectivity index (χ2n) is 5.94. The molecule has 1 heterocycles. The van der Waals surface area contributed by atoms with Gasteiger partial charge < -0.3 is 15.0 Å². The van der Waals surface area contributed by atoms with Gasteiger partial charge in [0.2, 0.25) is 5.91 Å². The number of hydrogen-bond donors (Lipinski definition) is 1. The number of nitrogens with zero attached hydrogens (tertiary/aromatic N) is 1. The molecule has 0 saturated carbocycles. The van der Waals surface area contributed by atoms with Crippen LogP contribution in [0.2, 0.25) is 5.02 Å². The zero-order chi connectivity index (χ0) is 17.8. The largest absolute Gasteiger partial charge is 0.356 e. The number of halogens is 1. The van der Waals surface area contributed by atoms with Crippen molar-refractivity contribution in [3.05, 3.63) is 70.7 Å². The summed E-state index contributed by atoms with van der Waals surface area (Å²) in [6, 6.07) is 16.2. The van der Waals surface area contributed by atoms with Crippen LogP contribution >= 0.6 is 11.6 Å². The van der Waals surface area contributed by atoms with Gasteiger partial charge in [-0.2, -0.15) is 0 Å². The van der Waals surface area contributed by atoms with Gasteiger partial charge in [0.15, 0.2) is 6.10 Å². The minimum atomic E-state index is -0.771. The Bertz CT molecular complexity index is 749. The Morgan fingerprint density at radius 2 is 1.88 bits per heavy atom. The smallest absolute Gasteiger partial charge is 0.251 e. The summed E-state index contributed by atoms with van der Waals surface area (Å²) >= 11 is 5.94. The zero-order valence-corrected chi connectivity index (χ0v) is 14.6. The first-order valence-corrected chi connectivity index (χ1v) is 8.38. The molecule has 2 aromatic carbocycles. The Labute approximate surface area is 151 Å². The first-order chi connectivity index (χ1) is 12.1. The Hall–Kier alpha value is -2.37. The fourth-order valence-electron chi connectivity index (χ4n) is 2.88. The fraction of sp³-hybridized carbons (Fsp3) is 0.263. The van der Waals surface area contributed by atoms with Gasteiger partial charge >= 0.3 is 0 Å². The van der Waals surface area contributed by atoms with Crippen LogP contribution in [0.5, 0.6) is 0 Å². The molecule has 0 spiro atoms. The molecule has 3 rings (SSSR count). The van der Waals surface area contributed by atoms with E-state index in [1.165, 1.54) is 0 Å². The molecule has 1 aliphatic heterocycles. The lowest BCUT2D eigenvalue weighted by molar-refractivity contribution is -0.162. The summed E-state index contributed by atoms with van der Waals surface area (Å²) in [4.78, 5) is 26.3. The van der Waals surface area contributed by atoms with Crippen molar-refractivity contribution in [1.82, 2.24) is 10.2 Å². The van der Waals surface area contributed by atoms with E-state index in [-0.39, 0.29) is 18.4 Å². The van der Waals surface area contributed by atoms with E-state index in [4.69, 9.17) is 16.3 Å². The Morgan fingerprint density at radius 3 is 2.56 bits per heavy atom. The van der Waals surface area contributed by atoms with Gasteiger partial charge in [-0.05, 0) is 23.3 Å². The van der Waals surface area contributed by atoms with E-state index in [9.17, 15) is 9.59 Å². The van der Waals surface area contributed by atoms with E-state index < -0.39 is 12.1 Å². The summed E-state index contributed by atoms with van der Waals surface area (Å²) in [5.41, 5.74) is 1.80. The third kappa shape index (κ3) is 4.00. The molecule has 6 heteroatoms. The number of rotatable bonds is 4. The molecule has 0 aromatic heterocycles. The Kier molecular flexibility index (Phi) is 5.36. The van der Waals surface area contributed by atoms with Gasteiger partial charge in [0.25, 0.3) is 5.91 Å².